The highest BCUT2D eigenvalue weighted by Crippen LogP contribution is 2.50. The third kappa shape index (κ3) is 3.90. The predicted molar refractivity (Wildman–Crippen MR) is 109 cm³/mol. The molecule has 12 heteroatoms. The Morgan fingerprint density at radius 3 is 2.43 bits per heavy atom. The van der Waals surface area contributed by atoms with Crippen LogP contribution < -0.4 is 22.1 Å². The van der Waals surface area contributed by atoms with Crippen molar-refractivity contribution < 1.29 is 24.3 Å². The number of thioether (sulfide) groups is 1. The van der Waals surface area contributed by atoms with E-state index in [1.54, 1.807) is 44.2 Å². The summed E-state index contributed by atoms with van der Waals surface area (Å²) in [5.41, 5.74) is 10.9. The molecule has 0 aromatic heterocycles. The maximum Gasteiger partial charge on any atom is 0.345 e. The van der Waals surface area contributed by atoms with E-state index in [9.17, 15) is 24.3 Å². The molecule has 3 rings (SSSR count). The molecule has 4 atom stereocenters. The zero-order valence-electron chi connectivity index (χ0n) is 16.2. The summed E-state index contributed by atoms with van der Waals surface area (Å²) in [6.45, 7) is 3.48. The molecule has 2 fully saturated rings. The van der Waals surface area contributed by atoms with Crippen molar-refractivity contribution in [2.75, 3.05) is 0 Å². The molecule has 1 aromatic rings. The van der Waals surface area contributed by atoms with Gasteiger partial charge in [0.1, 0.15) is 23.5 Å². The number of hydrogen-bond acceptors (Lipinski definition) is 5. The fourth-order valence-electron chi connectivity index (χ4n) is 3.60. The minimum Gasteiger partial charge on any atom is -0.480 e. The van der Waals surface area contributed by atoms with E-state index in [1.165, 1.54) is 16.7 Å². The molecule has 160 valence electrons. The van der Waals surface area contributed by atoms with Crippen LogP contribution in [0.4, 0.5) is 4.79 Å². The third-order valence-corrected chi connectivity index (χ3v) is 6.44. The van der Waals surface area contributed by atoms with E-state index < -0.39 is 58.0 Å². The molecular formula is C18H22N6O5S. The van der Waals surface area contributed by atoms with E-state index >= 15 is 0 Å². The van der Waals surface area contributed by atoms with Crippen LogP contribution in [0.15, 0.2) is 35.3 Å². The number of fused-ring (bicyclic) bond motifs is 1. The van der Waals surface area contributed by atoms with Gasteiger partial charge in [-0.15, -0.1) is 11.8 Å². The van der Waals surface area contributed by atoms with Gasteiger partial charge in [0.05, 0.1) is 0 Å². The number of aliphatic carboxylic acids is 1. The first kappa shape index (κ1) is 21.4. The number of amides is 4. The van der Waals surface area contributed by atoms with E-state index in [0.29, 0.717) is 5.56 Å². The Balaban J connectivity index is 1.78. The maximum absolute atomic E-state index is 12.9. The Hall–Kier alpha value is -3.28. The number of hydrogen-bond donors (Lipinski definition) is 5. The van der Waals surface area contributed by atoms with E-state index in [2.05, 4.69) is 15.6 Å². The van der Waals surface area contributed by atoms with Crippen LogP contribution in [0.2, 0.25) is 0 Å². The first-order valence-corrected chi connectivity index (χ1v) is 9.89. The summed E-state index contributed by atoms with van der Waals surface area (Å²) < 4.78 is -0.716. The Kier molecular flexibility index (Phi) is 5.61. The van der Waals surface area contributed by atoms with Gasteiger partial charge in [0.2, 0.25) is 11.8 Å². The average Bonchev–Trinajstić information content (AvgIpc) is 2.92. The van der Waals surface area contributed by atoms with Crippen molar-refractivity contribution in [3.8, 4) is 0 Å². The molecule has 11 nitrogen and oxygen atoms in total. The molecule has 2 heterocycles. The molecule has 0 spiro atoms. The van der Waals surface area contributed by atoms with Gasteiger partial charge in [0.25, 0.3) is 0 Å². The van der Waals surface area contributed by atoms with Crippen molar-refractivity contribution in [1.82, 2.24) is 15.5 Å². The minimum absolute atomic E-state index is 0.459. The molecule has 2 saturated heterocycles. The Morgan fingerprint density at radius 2 is 1.87 bits per heavy atom. The molecular weight excluding hydrogens is 412 g/mol. The van der Waals surface area contributed by atoms with Gasteiger partial charge in [-0.3, -0.25) is 9.59 Å². The van der Waals surface area contributed by atoms with Crippen molar-refractivity contribution in [3.63, 3.8) is 0 Å². The standard InChI is InChI=1S/C18H22N6O5S/c1-18(2)11(15(27)28)24-13(26)10(14(24)30-18)21-12(25)9(8-6-4-3-5-7-8)22-17(29)23-16(19)20/h3-7,9-11,14H,1-2H3,(H,21,25)(H,27,28)(H5,19,20,22,23,29)/t9-,10-,11+,14-/m1/s1. The van der Waals surface area contributed by atoms with Crippen molar-refractivity contribution in [2.24, 2.45) is 16.5 Å². The summed E-state index contributed by atoms with van der Waals surface area (Å²) in [6.07, 6.45) is 0. The van der Waals surface area contributed by atoms with Gasteiger partial charge in [0, 0.05) is 4.75 Å². The van der Waals surface area contributed by atoms with E-state index in [4.69, 9.17) is 11.5 Å². The number of carbonyl (C=O) groups excluding carboxylic acids is 3. The molecule has 0 radical (unpaired) electrons. The number of β-lactam (4-membered cyclic amide) rings is 1. The molecule has 1 aromatic carbocycles. The number of urea groups is 1. The summed E-state index contributed by atoms with van der Waals surface area (Å²) in [6, 6.07) is 4.41. The molecule has 7 N–H and O–H groups in total. The summed E-state index contributed by atoms with van der Waals surface area (Å²) >= 11 is 1.31. The average molecular weight is 434 g/mol. The fourth-order valence-corrected chi connectivity index (χ4v) is 5.23. The smallest absolute Gasteiger partial charge is 0.345 e. The Labute approximate surface area is 176 Å². The number of aliphatic imine (C=N–C) groups is 1. The molecule has 0 unspecified atom stereocenters. The lowest BCUT2D eigenvalue weighted by molar-refractivity contribution is -0.161. The number of guanidine groups is 1. The van der Waals surface area contributed by atoms with Crippen LogP contribution in [0.5, 0.6) is 0 Å². The van der Waals surface area contributed by atoms with Gasteiger partial charge in [-0.25, -0.2) is 9.59 Å². The van der Waals surface area contributed by atoms with Crippen molar-refractivity contribution in [2.45, 2.75) is 42.1 Å². The largest absolute Gasteiger partial charge is 0.480 e. The highest BCUT2D eigenvalue weighted by atomic mass is 32.2. The zero-order valence-corrected chi connectivity index (χ0v) is 17.1. The lowest BCUT2D eigenvalue weighted by Crippen LogP contribution is -2.71. The first-order chi connectivity index (χ1) is 14.0. The summed E-state index contributed by atoms with van der Waals surface area (Å²) in [5.74, 6) is -2.69. The van der Waals surface area contributed by atoms with E-state index in [1.807, 2.05) is 0 Å². The van der Waals surface area contributed by atoms with Gasteiger partial charge in [-0.2, -0.15) is 4.99 Å². The molecule has 2 aliphatic heterocycles. The van der Waals surface area contributed by atoms with Gasteiger partial charge >= 0.3 is 12.0 Å². The van der Waals surface area contributed by atoms with Gasteiger partial charge < -0.3 is 32.1 Å². The highest BCUT2D eigenvalue weighted by molar-refractivity contribution is 8.01. The molecule has 0 saturated carbocycles. The highest BCUT2D eigenvalue weighted by Gasteiger charge is 2.64. The first-order valence-electron chi connectivity index (χ1n) is 9.01. The summed E-state index contributed by atoms with van der Waals surface area (Å²) in [7, 11) is 0. The fraction of sp³-hybridized carbons (Fsp3) is 0.389. The van der Waals surface area contributed by atoms with Crippen molar-refractivity contribution in [3.05, 3.63) is 35.9 Å². The van der Waals surface area contributed by atoms with Crippen LogP contribution in [0.3, 0.4) is 0 Å². The predicted octanol–water partition coefficient (Wildman–Crippen LogP) is -0.658. The zero-order chi connectivity index (χ0) is 22.2. The number of nitrogens with two attached hydrogens (primary N) is 2. The number of nitrogens with zero attached hydrogens (tertiary/aromatic N) is 2. The lowest BCUT2D eigenvalue weighted by atomic mass is 9.95. The molecule has 0 aliphatic carbocycles. The van der Waals surface area contributed by atoms with Gasteiger partial charge in [0.15, 0.2) is 5.96 Å². The van der Waals surface area contributed by atoms with Crippen LogP contribution >= 0.6 is 11.8 Å². The third-order valence-electron chi connectivity index (χ3n) is 4.87. The monoisotopic (exact) mass is 434 g/mol. The lowest BCUT2D eigenvalue weighted by Gasteiger charge is -2.43. The number of benzene rings is 1. The van der Waals surface area contributed by atoms with Gasteiger partial charge in [-0.05, 0) is 19.4 Å². The van der Waals surface area contributed by atoms with E-state index in [-0.39, 0.29) is 0 Å². The van der Waals surface area contributed by atoms with Crippen LogP contribution in [0.25, 0.3) is 0 Å². The number of carboxylic acids is 1. The number of carboxylic acid groups (broad SMARTS) is 1. The van der Waals surface area contributed by atoms with Crippen LogP contribution in [-0.2, 0) is 14.4 Å². The number of nitrogens with one attached hydrogen (secondary N) is 2. The molecule has 30 heavy (non-hydrogen) atoms. The molecule has 0 bridgehead atoms. The van der Waals surface area contributed by atoms with Crippen molar-refractivity contribution >= 4 is 41.5 Å². The van der Waals surface area contributed by atoms with Gasteiger partial charge in [-0.1, -0.05) is 30.3 Å². The van der Waals surface area contributed by atoms with Crippen LogP contribution in [-0.4, -0.2) is 62.0 Å². The second-order valence-corrected chi connectivity index (χ2v) is 9.19. The Bertz CT molecular complexity index is 917. The van der Waals surface area contributed by atoms with E-state index in [0.717, 1.165) is 0 Å². The summed E-state index contributed by atoms with van der Waals surface area (Å²) in [4.78, 5) is 53.8. The maximum atomic E-state index is 12.9. The normalized spacial score (nSPS) is 24.8. The van der Waals surface area contributed by atoms with Crippen LogP contribution in [0, 0.1) is 0 Å². The number of rotatable bonds is 5. The van der Waals surface area contributed by atoms with Crippen LogP contribution in [0.1, 0.15) is 25.5 Å². The molecule has 2 aliphatic rings. The second kappa shape index (κ2) is 7.86. The quantitative estimate of drug-likeness (QED) is 0.230. The van der Waals surface area contributed by atoms with Crippen molar-refractivity contribution in [1.29, 1.82) is 0 Å². The SMILES string of the molecule is CC1(C)S[C@@H]2[C@H](NC(=O)[C@H](NC(=O)N=C(N)N)c3ccccc3)C(=O)N2[C@H]1C(=O)O. The second-order valence-electron chi connectivity index (χ2n) is 7.41. The Morgan fingerprint density at radius 1 is 1.23 bits per heavy atom. The molecule has 4 amide bonds. The summed E-state index contributed by atoms with van der Waals surface area (Å²) in [5, 5.41) is 14.0. The minimum atomic E-state index is -1.15. The topological polar surface area (TPSA) is 180 Å². The number of carbonyl (C=O) groups is 4.